The number of rotatable bonds is 5. The predicted octanol–water partition coefficient (Wildman–Crippen LogP) is 2.94. The largest absolute Gasteiger partial charge is 0.497 e. The Morgan fingerprint density at radius 2 is 1.97 bits per heavy atom. The van der Waals surface area contributed by atoms with Gasteiger partial charge in [0.05, 0.1) is 18.9 Å². The SMILES string of the molecule is CNc1ncc(C(=O)N2CCC(c3[nH]ncc3-c3cccc(OC)c3)CC2)cn1. The van der Waals surface area contributed by atoms with Gasteiger partial charge in [-0.25, -0.2) is 9.97 Å². The van der Waals surface area contributed by atoms with Gasteiger partial charge in [-0.15, -0.1) is 0 Å². The lowest BCUT2D eigenvalue weighted by Crippen LogP contribution is -2.38. The summed E-state index contributed by atoms with van der Waals surface area (Å²) >= 11 is 0. The highest BCUT2D eigenvalue weighted by Gasteiger charge is 2.27. The molecule has 3 heterocycles. The molecule has 150 valence electrons. The number of H-pyrrole nitrogens is 1. The summed E-state index contributed by atoms with van der Waals surface area (Å²) in [7, 11) is 3.41. The average molecular weight is 392 g/mol. The summed E-state index contributed by atoms with van der Waals surface area (Å²) in [5.74, 6) is 1.63. The zero-order valence-corrected chi connectivity index (χ0v) is 16.6. The van der Waals surface area contributed by atoms with Gasteiger partial charge in [-0.2, -0.15) is 5.10 Å². The zero-order chi connectivity index (χ0) is 20.2. The van der Waals surface area contributed by atoms with Crippen LogP contribution in [-0.2, 0) is 0 Å². The summed E-state index contributed by atoms with van der Waals surface area (Å²) in [6.45, 7) is 1.38. The van der Waals surface area contributed by atoms with E-state index in [9.17, 15) is 4.79 Å². The third-order valence-electron chi connectivity index (χ3n) is 5.36. The molecule has 2 N–H and O–H groups in total. The number of carbonyl (C=O) groups is 1. The van der Waals surface area contributed by atoms with E-state index in [1.165, 1.54) is 0 Å². The molecular formula is C21H24N6O2. The van der Waals surface area contributed by atoms with Crippen LogP contribution < -0.4 is 10.1 Å². The summed E-state index contributed by atoms with van der Waals surface area (Å²) in [6.07, 6.45) is 6.76. The Hall–Kier alpha value is -3.42. The number of benzene rings is 1. The lowest BCUT2D eigenvalue weighted by Gasteiger charge is -2.32. The molecular weight excluding hydrogens is 368 g/mol. The Kier molecular flexibility index (Phi) is 5.41. The van der Waals surface area contributed by atoms with Crippen LogP contribution in [0.4, 0.5) is 5.95 Å². The topological polar surface area (TPSA) is 96.0 Å². The van der Waals surface area contributed by atoms with Crippen molar-refractivity contribution in [1.29, 1.82) is 0 Å². The third kappa shape index (κ3) is 3.91. The van der Waals surface area contributed by atoms with Crippen molar-refractivity contribution < 1.29 is 9.53 Å². The highest BCUT2D eigenvalue weighted by atomic mass is 16.5. The van der Waals surface area contributed by atoms with Gasteiger partial charge < -0.3 is 15.0 Å². The number of aromatic nitrogens is 4. The number of amides is 1. The van der Waals surface area contributed by atoms with Gasteiger partial charge in [0.25, 0.3) is 5.91 Å². The van der Waals surface area contributed by atoms with Crippen molar-refractivity contribution in [3.05, 3.63) is 54.1 Å². The summed E-state index contributed by atoms with van der Waals surface area (Å²) in [5.41, 5.74) is 3.80. The van der Waals surface area contributed by atoms with E-state index in [1.807, 2.05) is 29.3 Å². The quantitative estimate of drug-likeness (QED) is 0.693. The van der Waals surface area contributed by atoms with Crippen LogP contribution >= 0.6 is 0 Å². The highest BCUT2D eigenvalue weighted by molar-refractivity contribution is 5.93. The summed E-state index contributed by atoms with van der Waals surface area (Å²) < 4.78 is 5.35. The molecule has 3 aromatic rings. The monoisotopic (exact) mass is 392 g/mol. The standard InChI is InChI=1S/C21H24N6O2/c1-22-21-23-11-16(12-24-21)20(28)27-8-6-14(7-9-27)19-18(13-25-26-19)15-4-3-5-17(10-15)29-2/h3-5,10-14H,6-9H2,1-2H3,(H,25,26)(H,22,23,24). The van der Waals surface area contributed by atoms with E-state index in [4.69, 9.17) is 4.74 Å². The zero-order valence-electron chi connectivity index (χ0n) is 16.6. The number of nitrogens with one attached hydrogen (secondary N) is 2. The lowest BCUT2D eigenvalue weighted by molar-refractivity contribution is 0.0711. The molecule has 1 aromatic carbocycles. The van der Waals surface area contributed by atoms with E-state index < -0.39 is 0 Å². The molecule has 0 aliphatic carbocycles. The van der Waals surface area contributed by atoms with E-state index in [2.05, 4.69) is 31.5 Å². The molecule has 4 rings (SSSR count). The van der Waals surface area contributed by atoms with Crippen molar-refractivity contribution in [3.8, 4) is 16.9 Å². The van der Waals surface area contributed by atoms with E-state index in [0.29, 0.717) is 30.5 Å². The van der Waals surface area contributed by atoms with Crippen molar-refractivity contribution in [2.75, 3.05) is 32.6 Å². The minimum atomic E-state index is -0.0243. The number of hydrogen-bond donors (Lipinski definition) is 2. The number of anilines is 1. The number of likely N-dealkylation sites (tertiary alicyclic amines) is 1. The second-order valence-electron chi connectivity index (χ2n) is 7.04. The van der Waals surface area contributed by atoms with Gasteiger partial charge in [0.1, 0.15) is 5.75 Å². The Morgan fingerprint density at radius 1 is 1.21 bits per heavy atom. The molecule has 1 fully saturated rings. The number of carbonyl (C=O) groups excluding carboxylic acids is 1. The van der Waals surface area contributed by atoms with Gasteiger partial charge in [-0.05, 0) is 30.5 Å². The number of piperidine rings is 1. The fraction of sp³-hybridized carbons (Fsp3) is 0.333. The number of ether oxygens (including phenoxy) is 1. The van der Waals surface area contributed by atoms with Gasteiger partial charge in [0, 0.05) is 49.7 Å². The van der Waals surface area contributed by atoms with Crippen LogP contribution in [0.25, 0.3) is 11.1 Å². The first-order chi connectivity index (χ1) is 14.2. The van der Waals surface area contributed by atoms with Crippen LogP contribution in [0.1, 0.15) is 34.8 Å². The number of hydrogen-bond acceptors (Lipinski definition) is 6. The second kappa shape index (κ2) is 8.30. The molecule has 2 aromatic heterocycles. The number of aromatic amines is 1. The molecule has 1 aliphatic rings. The van der Waals surface area contributed by atoms with Crippen LogP contribution in [0.3, 0.4) is 0 Å². The van der Waals surface area contributed by atoms with Gasteiger partial charge >= 0.3 is 0 Å². The van der Waals surface area contributed by atoms with E-state index in [-0.39, 0.29) is 5.91 Å². The van der Waals surface area contributed by atoms with Crippen LogP contribution in [-0.4, -0.2) is 58.2 Å². The second-order valence-corrected chi connectivity index (χ2v) is 7.04. The molecule has 0 radical (unpaired) electrons. The van der Waals surface area contributed by atoms with Crippen LogP contribution in [0, 0.1) is 0 Å². The number of nitrogens with zero attached hydrogens (tertiary/aromatic N) is 4. The maximum atomic E-state index is 12.7. The fourth-order valence-corrected chi connectivity index (χ4v) is 3.75. The van der Waals surface area contributed by atoms with Crippen molar-refractivity contribution >= 4 is 11.9 Å². The van der Waals surface area contributed by atoms with Crippen molar-refractivity contribution in [2.24, 2.45) is 0 Å². The van der Waals surface area contributed by atoms with Gasteiger partial charge in [-0.3, -0.25) is 9.89 Å². The van der Waals surface area contributed by atoms with Crippen molar-refractivity contribution in [1.82, 2.24) is 25.1 Å². The molecule has 8 heteroatoms. The highest BCUT2D eigenvalue weighted by Crippen LogP contribution is 2.35. The minimum absolute atomic E-state index is 0.0243. The predicted molar refractivity (Wildman–Crippen MR) is 110 cm³/mol. The average Bonchev–Trinajstić information content (AvgIpc) is 3.29. The molecule has 29 heavy (non-hydrogen) atoms. The first-order valence-electron chi connectivity index (χ1n) is 9.66. The molecule has 0 spiro atoms. The van der Waals surface area contributed by atoms with Gasteiger partial charge in [-0.1, -0.05) is 12.1 Å². The Bertz CT molecular complexity index is 977. The van der Waals surface area contributed by atoms with E-state index in [1.54, 1.807) is 26.6 Å². The summed E-state index contributed by atoms with van der Waals surface area (Å²) in [5, 5.41) is 10.3. The maximum absolute atomic E-state index is 12.7. The maximum Gasteiger partial charge on any atom is 0.256 e. The molecule has 1 amide bonds. The fourth-order valence-electron chi connectivity index (χ4n) is 3.75. The molecule has 8 nitrogen and oxygen atoms in total. The summed E-state index contributed by atoms with van der Waals surface area (Å²) in [6, 6.07) is 7.99. The Labute approximate surface area is 169 Å². The molecule has 1 aliphatic heterocycles. The van der Waals surface area contributed by atoms with E-state index in [0.717, 1.165) is 35.4 Å². The smallest absolute Gasteiger partial charge is 0.256 e. The molecule has 0 unspecified atom stereocenters. The normalized spacial score (nSPS) is 14.6. The van der Waals surface area contributed by atoms with Gasteiger partial charge in [0.15, 0.2) is 0 Å². The lowest BCUT2D eigenvalue weighted by atomic mass is 9.89. The Balaban J connectivity index is 1.45. The first kappa shape index (κ1) is 18.9. The van der Waals surface area contributed by atoms with Crippen LogP contribution in [0.5, 0.6) is 5.75 Å². The molecule has 1 saturated heterocycles. The summed E-state index contributed by atoms with van der Waals surface area (Å²) in [4.78, 5) is 22.9. The van der Waals surface area contributed by atoms with Gasteiger partial charge in [0.2, 0.25) is 5.95 Å². The molecule has 0 bridgehead atoms. The van der Waals surface area contributed by atoms with Crippen LogP contribution in [0.2, 0.25) is 0 Å². The van der Waals surface area contributed by atoms with Crippen LogP contribution in [0.15, 0.2) is 42.9 Å². The van der Waals surface area contributed by atoms with Crippen molar-refractivity contribution in [3.63, 3.8) is 0 Å². The minimum Gasteiger partial charge on any atom is -0.497 e. The number of methoxy groups -OCH3 is 1. The van der Waals surface area contributed by atoms with Crippen molar-refractivity contribution in [2.45, 2.75) is 18.8 Å². The van der Waals surface area contributed by atoms with E-state index >= 15 is 0 Å². The Morgan fingerprint density at radius 3 is 2.66 bits per heavy atom. The third-order valence-corrected chi connectivity index (χ3v) is 5.36. The molecule has 0 atom stereocenters. The molecule has 0 saturated carbocycles. The first-order valence-corrected chi connectivity index (χ1v) is 9.66.